The van der Waals surface area contributed by atoms with Gasteiger partial charge in [0.2, 0.25) is 0 Å². The molecule has 0 fully saturated rings. The number of halogens is 1. The Labute approximate surface area is 197 Å². The van der Waals surface area contributed by atoms with Gasteiger partial charge in [0.25, 0.3) is 0 Å². The Morgan fingerprint density at radius 1 is 0.967 bits per heavy atom. The number of nitrogens with zero attached hydrogens (tertiary/aromatic N) is 2. The van der Waals surface area contributed by atoms with E-state index in [2.05, 4.69) is 45.5 Å². The highest BCUT2D eigenvalue weighted by molar-refractivity contribution is 14.0. The Hall–Kier alpha value is -2.00. The van der Waals surface area contributed by atoms with Crippen LogP contribution in [0.5, 0.6) is 11.5 Å². The quantitative estimate of drug-likeness (QED) is 0.287. The van der Waals surface area contributed by atoms with E-state index in [1.165, 1.54) is 16.7 Å². The van der Waals surface area contributed by atoms with E-state index < -0.39 is 0 Å². The van der Waals surface area contributed by atoms with Crippen LogP contribution in [-0.4, -0.2) is 52.3 Å². The Morgan fingerprint density at radius 2 is 1.60 bits per heavy atom. The molecule has 2 aromatic rings. The maximum atomic E-state index is 5.44. The van der Waals surface area contributed by atoms with E-state index in [1.54, 1.807) is 21.3 Å². The van der Waals surface area contributed by atoms with Crippen molar-refractivity contribution >= 4 is 29.9 Å². The zero-order chi connectivity index (χ0) is 21.1. The molecule has 166 valence electrons. The number of nitrogens with one attached hydrogen (secondary N) is 1. The third-order valence-electron chi connectivity index (χ3n) is 4.70. The third kappa shape index (κ3) is 8.02. The van der Waals surface area contributed by atoms with Gasteiger partial charge >= 0.3 is 0 Å². The van der Waals surface area contributed by atoms with Crippen molar-refractivity contribution < 1.29 is 14.2 Å². The topological polar surface area (TPSA) is 55.3 Å². The van der Waals surface area contributed by atoms with Gasteiger partial charge in [0.05, 0.1) is 20.8 Å². The summed E-state index contributed by atoms with van der Waals surface area (Å²) in [5.41, 5.74) is 3.58. The number of methoxy groups -OCH3 is 2. The fourth-order valence-electron chi connectivity index (χ4n) is 2.98. The van der Waals surface area contributed by atoms with Gasteiger partial charge in [-0.3, -0.25) is 4.99 Å². The van der Waals surface area contributed by atoms with Crippen LogP contribution in [-0.2, 0) is 24.3 Å². The second-order valence-electron chi connectivity index (χ2n) is 6.72. The van der Waals surface area contributed by atoms with Crippen molar-refractivity contribution in [1.29, 1.82) is 0 Å². The first-order chi connectivity index (χ1) is 14.1. The average molecular weight is 527 g/mol. The maximum absolute atomic E-state index is 5.44. The lowest BCUT2D eigenvalue weighted by atomic mass is 10.1. The first-order valence-electron chi connectivity index (χ1n) is 9.89. The summed E-state index contributed by atoms with van der Waals surface area (Å²) in [5, 5.41) is 3.43. The van der Waals surface area contributed by atoms with E-state index in [0.29, 0.717) is 6.61 Å². The van der Waals surface area contributed by atoms with E-state index in [0.717, 1.165) is 43.6 Å². The highest BCUT2D eigenvalue weighted by Crippen LogP contribution is 2.27. The molecule has 0 spiro atoms. The molecule has 0 radical (unpaired) electrons. The van der Waals surface area contributed by atoms with Gasteiger partial charge < -0.3 is 24.4 Å². The van der Waals surface area contributed by atoms with E-state index in [-0.39, 0.29) is 24.0 Å². The Balaban J connectivity index is 0.00000450. The summed E-state index contributed by atoms with van der Waals surface area (Å²) in [6, 6.07) is 14.5. The van der Waals surface area contributed by atoms with Crippen molar-refractivity contribution in [3.8, 4) is 11.5 Å². The molecule has 0 aromatic heterocycles. The van der Waals surface area contributed by atoms with Gasteiger partial charge in [0.15, 0.2) is 17.5 Å². The van der Waals surface area contributed by atoms with Crippen LogP contribution in [0.1, 0.15) is 23.6 Å². The molecule has 0 saturated heterocycles. The Bertz CT molecular complexity index is 782. The van der Waals surface area contributed by atoms with E-state index in [9.17, 15) is 0 Å². The number of hydrogen-bond donors (Lipinski definition) is 1. The molecule has 0 aliphatic heterocycles. The summed E-state index contributed by atoms with van der Waals surface area (Å²) < 4.78 is 16.1. The molecule has 0 unspecified atom stereocenters. The van der Waals surface area contributed by atoms with Crippen molar-refractivity contribution in [3.63, 3.8) is 0 Å². The summed E-state index contributed by atoms with van der Waals surface area (Å²) >= 11 is 0. The highest BCUT2D eigenvalue weighted by Gasteiger charge is 2.08. The lowest BCUT2D eigenvalue weighted by molar-refractivity contribution is 0.134. The number of benzene rings is 2. The van der Waals surface area contributed by atoms with Crippen molar-refractivity contribution in [2.75, 3.05) is 41.5 Å². The first kappa shape index (κ1) is 26.0. The summed E-state index contributed by atoms with van der Waals surface area (Å²) in [5.74, 6) is 2.36. The summed E-state index contributed by atoms with van der Waals surface area (Å²) in [7, 11) is 7.15. The SMILES string of the molecule is CCOCc1ccc(CNC(=NC)N(C)CCc2ccc(OC)c(OC)c2)cc1.I. The average Bonchev–Trinajstić information content (AvgIpc) is 2.77. The van der Waals surface area contributed by atoms with Gasteiger partial charge in [-0.2, -0.15) is 0 Å². The fourth-order valence-corrected chi connectivity index (χ4v) is 2.98. The van der Waals surface area contributed by atoms with Crippen LogP contribution in [0.3, 0.4) is 0 Å². The van der Waals surface area contributed by atoms with E-state index >= 15 is 0 Å². The van der Waals surface area contributed by atoms with Gasteiger partial charge in [-0.1, -0.05) is 30.3 Å². The Morgan fingerprint density at radius 3 is 2.20 bits per heavy atom. The minimum atomic E-state index is 0. The van der Waals surface area contributed by atoms with Crippen LogP contribution in [0.25, 0.3) is 0 Å². The zero-order valence-corrected chi connectivity index (χ0v) is 20.9. The normalized spacial score (nSPS) is 10.9. The van der Waals surface area contributed by atoms with Crippen molar-refractivity contribution in [3.05, 3.63) is 59.2 Å². The molecule has 7 heteroatoms. The van der Waals surface area contributed by atoms with Gasteiger partial charge in [0, 0.05) is 33.8 Å². The van der Waals surface area contributed by atoms with Gasteiger partial charge in [0.1, 0.15) is 0 Å². The summed E-state index contributed by atoms with van der Waals surface area (Å²) in [4.78, 5) is 6.53. The molecule has 0 amide bonds. The minimum absolute atomic E-state index is 0. The lowest BCUT2D eigenvalue weighted by Crippen LogP contribution is -2.39. The second-order valence-corrected chi connectivity index (χ2v) is 6.72. The van der Waals surface area contributed by atoms with E-state index in [4.69, 9.17) is 14.2 Å². The van der Waals surface area contributed by atoms with Crippen LogP contribution >= 0.6 is 24.0 Å². The number of hydrogen-bond acceptors (Lipinski definition) is 4. The van der Waals surface area contributed by atoms with Gasteiger partial charge in [-0.25, -0.2) is 0 Å². The zero-order valence-electron chi connectivity index (χ0n) is 18.6. The molecule has 30 heavy (non-hydrogen) atoms. The van der Waals surface area contributed by atoms with Crippen LogP contribution in [0.4, 0.5) is 0 Å². The summed E-state index contributed by atoms with van der Waals surface area (Å²) in [6.07, 6.45) is 0.879. The smallest absolute Gasteiger partial charge is 0.193 e. The first-order valence-corrected chi connectivity index (χ1v) is 9.89. The minimum Gasteiger partial charge on any atom is -0.493 e. The molecule has 0 aliphatic rings. The van der Waals surface area contributed by atoms with Crippen molar-refractivity contribution in [2.24, 2.45) is 4.99 Å². The van der Waals surface area contributed by atoms with Crippen LogP contribution in [0.15, 0.2) is 47.5 Å². The standard InChI is InChI=1S/C23H33N3O3.HI/c1-6-29-17-20-9-7-19(8-10-20)16-25-23(24-2)26(3)14-13-18-11-12-21(27-4)22(15-18)28-5;/h7-12,15H,6,13-14,16-17H2,1-5H3,(H,24,25);1H. The monoisotopic (exact) mass is 527 g/mol. The molecule has 6 nitrogen and oxygen atoms in total. The van der Waals surface area contributed by atoms with Crippen molar-refractivity contribution in [2.45, 2.75) is 26.5 Å². The number of aliphatic imine (C=N–C) groups is 1. The Kier molecular flexibility index (Phi) is 12.2. The molecule has 1 N–H and O–H groups in total. The van der Waals surface area contributed by atoms with E-state index in [1.807, 2.05) is 26.1 Å². The maximum Gasteiger partial charge on any atom is 0.193 e. The molecule has 2 aromatic carbocycles. The molecular weight excluding hydrogens is 493 g/mol. The second kappa shape index (κ2) is 14.1. The fraction of sp³-hybridized carbons (Fsp3) is 0.435. The molecule has 0 saturated carbocycles. The van der Waals surface area contributed by atoms with Gasteiger partial charge in [-0.05, 0) is 42.2 Å². The predicted molar refractivity (Wildman–Crippen MR) is 133 cm³/mol. The summed E-state index contributed by atoms with van der Waals surface area (Å²) in [6.45, 7) is 4.95. The number of likely N-dealkylation sites (N-methyl/N-ethyl adjacent to an activating group) is 1. The molecule has 2 rings (SSSR count). The highest BCUT2D eigenvalue weighted by atomic mass is 127. The number of guanidine groups is 1. The van der Waals surface area contributed by atoms with Crippen LogP contribution in [0.2, 0.25) is 0 Å². The van der Waals surface area contributed by atoms with Crippen LogP contribution in [0, 0.1) is 0 Å². The van der Waals surface area contributed by atoms with Crippen LogP contribution < -0.4 is 14.8 Å². The number of rotatable bonds is 10. The number of ether oxygens (including phenoxy) is 3. The molecule has 0 aliphatic carbocycles. The third-order valence-corrected chi connectivity index (χ3v) is 4.70. The molecule has 0 bridgehead atoms. The van der Waals surface area contributed by atoms with Gasteiger partial charge in [-0.15, -0.1) is 24.0 Å². The largest absolute Gasteiger partial charge is 0.493 e. The molecular formula is C23H34IN3O3. The molecule has 0 atom stereocenters. The molecule has 0 heterocycles. The predicted octanol–water partition coefficient (Wildman–Crippen LogP) is 4.11. The van der Waals surface area contributed by atoms with Crippen molar-refractivity contribution in [1.82, 2.24) is 10.2 Å². The lowest BCUT2D eigenvalue weighted by Gasteiger charge is -2.22.